The summed E-state index contributed by atoms with van der Waals surface area (Å²) in [5.74, 6) is 16.2. The number of hydrogen-bond acceptors (Lipinski definition) is 3. The quantitative estimate of drug-likeness (QED) is 0.256. The summed E-state index contributed by atoms with van der Waals surface area (Å²) in [7, 11) is 0. The number of nitrogens with zero attached hydrogens (tertiary/aromatic N) is 3. The van der Waals surface area contributed by atoms with Crippen molar-refractivity contribution in [3.8, 4) is 47.7 Å². The first kappa shape index (κ1) is 25.5. The van der Waals surface area contributed by atoms with Crippen LogP contribution in [0, 0.1) is 58.2 Å². The minimum absolute atomic E-state index is 0.0368. The van der Waals surface area contributed by atoms with Gasteiger partial charge < -0.3 is 4.90 Å². The van der Waals surface area contributed by atoms with Crippen LogP contribution in [-0.4, -0.2) is 13.1 Å². The fraction of sp³-hybridized carbons (Fsp3) is 0.429. The monoisotopic (exact) mass is 409 g/mol. The smallest absolute Gasteiger partial charge is 0.138 e. The fourth-order valence-electron chi connectivity index (χ4n) is 2.98. The topological polar surface area (TPSA) is 50.8 Å². The fourth-order valence-corrected chi connectivity index (χ4v) is 2.98. The van der Waals surface area contributed by atoms with Crippen LogP contribution in [-0.2, 0) is 0 Å². The third-order valence-electron chi connectivity index (χ3n) is 4.72. The summed E-state index contributed by atoms with van der Waals surface area (Å²) < 4.78 is 0. The Balaban J connectivity index is 2.71. The van der Waals surface area contributed by atoms with E-state index < -0.39 is 0 Å². The van der Waals surface area contributed by atoms with E-state index in [4.69, 9.17) is 10.5 Å². The van der Waals surface area contributed by atoms with E-state index in [1.165, 1.54) is 63.1 Å². The maximum absolute atomic E-state index is 8.61. The molecule has 0 N–H and O–H groups in total. The molecule has 1 aromatic rings. The Bertz CT molecular complexity index is 924. The number of hydrogen-bond donors (Lipinski definition) is 0. The Morgan fingerprint density at radius 2 is 1.35 bits per heavy atom. The Morgan fingerprint density at radius 3 is 1.90 bits per heavy atom. The molecule has 0 aliphatic rings. The van der Waals surface area contributed by atoms with Gasteiger partial charge in [0.25, 0.3) is 0 Å². The van der Waals surface area contributed by atoms with Crippen LogP contribution in [0.25, 0.3) is 0 Å². The largest absolute Gasteiger partial charge is 0.372 e. The van der Waals surface area contributed by atoms with Crippen molar-refractivity contribution in [2.45, 2.75) is 65.2 Å². The first-order valence-electron chi connectivity index (χ1n) is 11.1. The average Bonchev–Trinajstić information content (AvgIpc) is 2.80. The summed E-state index contributed by atoms with van der Waals surface area (Å²) in [5.41, 5.74) is 2.14. The second-order valence-corrected chi connectivity index (χ2v) is 7.21. The van der Waals surface area contributed by atoms with Gasteiger partial charge in [-0.05, 0) is 60.8 Å². The maximum Gasteiger partial charge on any atom is 0.138 e. The highest BCUT2D eigenvalue weighted by molar-refractivity contribution is 5.52. The lowest BCUT2D eigenvalue weighted by Crippen LogP contribution is -2.25. The number of unbranched alkanes of at least 4 members (excludes halogenated alkanes) is 6. The van der Waals surface area contributed by atoms with Gasteiger partial charge >= 0.3 is 0 Å². The molecular formula is C28H31N3. The lowest BCUT2D eigenvalue weighted by Gasteiger charge is -2.25. The Hall–Kier alpha value is -3.58. The van der Waals surface area contributed by atoms with E-state index in [2.05, 4.69) is 66.4 Å². The summed E-state index contributed by atoms with van der Waals surface area (Å²) >= 11 is 0. The molecule has 0 heterocycles. The molecule has 0 saturated carbocycles. The van der Waals surface area contributed by atoms with E-state index in [9.17, 15) is 0 Å². The molecule has 0 bridgehead atoms. The van der Waals surface area contributed by atoms with Crippen molar-refractivity contribution < 1.29 is 0 Å². The first-order chi connectivity index (χ1) is 15.2. The van der Waals surface area contributed by atoms with Gasteiger partial charge in [0, 0.05) is 30.4 Å². The molecule has 0 atom stereocenters. The van der Waals surface area contributed by atoms with Crippen LogP contribution in [0.1, 0.15) is 70.8 Å². The van der Waals surface area contributed by atoms with Gasteiger partial charge in [-0.1, -0.05) is 64.2 Å². The van der Waals surface area contributed by atoms with Crippen molar-refractivity contribution in [3.63, 3.8) is 0 Å². The Labute approximate surface area is 188 Å². The second-order valence-electron chi connectivity index (χ2n) is 7.21. The van der Waals surface area contributed by atoms with Crippen LogP contribution in [0.4, 0.5) is 5.69 Å². The summed E-state index contributed by atoms with van der Waals surface area (Å²) in [5, 5.41) is 17.2. The highest BCUT2D eigenvalue weighted by atomic mass is 15.1. The molecule has 0 spiro atoms. The average molecular weight is 410 g/mol. The zero-order chi connectivity index (χ0) is 22.6. The van der Waals surface area contributed by atoms with Crippen molar-refractivity contribution in [3.05, 3.63) is 41.5 Å². The van der Waals surface area contributed by atoms with Gasteiger partial charge in [0.15, 0.2) is 0 Å². The molecule has 0 saturated heterocycles. The predicted molar refractivity (Wildman–Crippen MR) is 129 cm³/mol. The third-order valence-corrected chi connectivity index (χ3v) is 4.72. The van der Waals surface area contributed by atoms with Gasteiger partial charge in [0.2, 0.25) is 0 Å². The number of nitriles is 2. The zero-order valence-corrected chi connectivity index (χ0v) is 18.8. The second kappa shape index (κ2) is 17.3. The van der Waals surface area contributed by atoms with Gasteiger partial charge in [-0.2, -0.15) is 10.5 Å². The molecule has 3 heteroatoms. The molecule has 1 aromatic carbocycles. The molecule has 0 amide bonds. The standard InChI is InChI=1S/C28H31N3/c1-3-5-7-14-22-31(23-15-8-6-4-2)28-20-18-26(19-21-28)16-12-10-9-11-13-17-27(24-29)25-30/h17-21H,3-8,14-15,22-23H2,1-2H3. The molecule has 31 heavy (non-hydrogen) atoms. The number of benzene rings is 1. The van der Waals surface area contributed by atoms with Gasteiger partial charge in [0.1, 0.15) is 17.7 Å². The van der Waals surface area contributed by atoms with Crippen LogP contribution in [0.5, 0.6) is 0 Å². The molecule has 158 valence electrons. The van der Waals surface area contributed by atoms with Crippen LogP contribution >= 0.6 is 0 Å². The summed E-state index contributed by atoms with van der Waals surface area (Å²) in [4.78, 5) is 2.50. The van der Waals surface area contributed by atoms with Crippen molar-refractivity contribution >= 4 is 5.69 Å². The van der Waals surface area contributed by atoms with Crippen LogP contribution in [0.2, 0.25) is 0 Å². The van der Waals surface area contributed by atoms with E-state index in [1.807, 2.05) is 12.1 Å². The number of allylic oxidation sites excluding steroid dienone is 2. The lowest BCUT2D eigenvalue weighted by molar-refractivity contribution is 0.609. The normalized spacial score (nSPS) is 8.77. The summed E-state index contributed by atoms with van der Waals surface area (Å²) in [6.07, 6.45) is 11.4. The highest BCUT2D eigenvalue weighted by Gasteiger charge is 2.06. The lowest BCUT2D eigenvalue weighted by atomic mass is 10.1. The highest BCUT2D eigenvalue weighted by Crippen LogP contribution is 2.17. The van der Waals surface area contributed by atoms with E-state index >= 15 is 0 Å². The predicted octanol–water partition coefficient (Wildman–Crippen LogP) is 5.99. The van der Waals surface area contributed by atoms with Crippen molar-refractivity contribution in [2.24, 2.45) is 0 Å². The van der Waals surface area contributed by atoms with Crippen molar-refractivity contribution in [2.75, 3.05) is 18.0 Å². The molecule has 3 nitrogen and oxygen atoms in total. The molecule has 0 radical (unpaired) electrons. The summed E-state index contributed by atoms with van der Waals surface area (Å²) in [6, 6.07) is 11.8. The van der Waals surface area contributed by atoms with Crippen LogP contribution < -0.4 is 4.90 Å². The molecule has 0 aliphatic heterocycles. The minimum atomic E-state index is -0.0368. The van der Waals surface area contributed by atoms with Crippen molar-refractivity contribution in [1.82, 2.24) is 0 Å². The Morgan fingerprint density at radius 1 is 0.774 bits per heavy atom. The van der Waals surface area contributed by atoms with Gasteiger partial charge in [0.05, 0.1) is 0 Å². The number of rotatable bonds is 11. The Kier molecular flexibility index (Phi) is 14.2. The van der Waals surface area contributed by atoms with E-state index in [0.29, 0.717) is 0 Å². The van der Waals surface area contributed by atoms with Gasteiger partial charge in [-0.3, -0.25) is 0 Å². The molecular weight excluding hydrogens is 378 g/mol. The van der Waals surface area contributed by atoms with E-state index in [1.54, 1.807) is 12.1 Å². The van der Waals surface area contributed by atoms with Gasteiger partial charge in [-0.25, -0.2) is 0 Å². The maximum atomic E-state index is 8.61. The molecule has 0 unspecified atom stereocenters. The molecule has 0 aromatic heterocycles. The molecule has 1 rings (SSSR count). The van der Waals surface area contributed by atoms with E-state index in [0.717, 1.165) is 18.7 Å². The first-order valence-corrected chi connectivity index (χ1v) is 11.1. The summed E-state index contributed by atoms with van der Waals surface area (Å²) in [6.45, 7) is 6.70. The van der Waals surface area contributed by atoms with Crippen LogP contribution in [0.3, 0.4) is 0 Å². The third kappa shape index (κ3) is 11.9. The minimum Gasteiger partial charge on any atom is -0.372 e. The molecule has 0 fully saturated rings. The van der Waals surface area contributed by atoms with E-state index in [-0.39, 0.29) is 5.57 Å². The SMILES string of the molecule is CCCCCCN(CCCCCC)c1ccc(C#CC#CC#CC=C(C#N)C#N)cc1. The van der Waals surface area contributed by atoms with Crippen molar-refractivity contribution in [1.29, 1.82) is 10.5 Å². The number of anilines is 1. The van der Waals surface area contributed by atoms with Crippen LogP contribution in [0.15, 0.2) is 35.9 Å². The van der Waals surface area contributed by atoms with Gasteiger partial charge in [-0.15, -0.1) is 0 Å². The molecule has 0 aliphatic carbocycles. The zero-order valence-electron chi connectivity index (χ0n) is 18.8.